The molecule has 1 nitrogen and oxygen atoms in total. The fourth-order valence-electron chi connectivity index (χ4n) is 2.67. The van der Waals surface area contributed by atoms with Crippen molar-refractivity contribution in [1.29, 1.82) is 0 Å². The molecule has 0 saturated heterocycles. The van der Waals surface area contributed by atoms with Crippen LogP contribution in [0.2, 0.25) is 0 Å². The van der Waals surface area contributed by atoms with Crippen molar-refractivity contribution in [3.05, 3.63) is 70.3 Å². The summed E-state index contributed by atoms with van der Waals surface area (Å²) in [5, 5.41) is 10.5. The van der Waals surface area contributed by atoms with Crippen LogP contribution in [0.15, 0.2) is 42.5 Å². The van der Waals surface area contributed by atoms with Gasteiger partial charge in [0.2, 0.25) is 0 Å². The van der Waals surface area contributed by atoms with E-state index in [1.54, 1.807) is 0 Å². The van der Waals surface area contributed by atoms with Crippen molar-refractivity contribution in [1.82, 2.24) is 0 Å². The van der Waals surface area contributed by atoms with Crippen molar-refractivity contribution in [2.75, 3.05) is 0 Å². The van der Waals surface area contributed by atoms with Crippen LogP contribution < -0.4 is 0 Å². The standard InChI is InChI=1S/C20H26O/c1-14(2)10-17-6-5-7-19(12-17)20(21)13-18-9-8-15(3)16(4)11-18/h5-9,11-12,14,20-21H,10,13H2,1-4H3. The van der Waals surface area contributed by atoms with Crippen LogP contribution in [-0.4, -0.2) is 5.11 Å². The normalized spacial score (nSPS) is 12.7. The topological polar surface area (TPSA) is 20.2 Å². The van der Waals surface area contributed by atoms with E-state index in [4.69, 9.17) is 0 Å². The molecule has 112 valence electrons. The zero-order valence-electron chi connectivity index (χ0n) is 13.6. The minimum Gasteiger partial charge on any atom is -0.388 e. The lowest BCUT2D eigenvalue weighted by Crippen LogP contribution is -2.04. The van der Waals surface area contributed by atoms with Gasteiger partial charge in [-0.1, -0.05) is 56.3 Å². The smallest absolute Gasteiger partial charge is 0.0830 e. The Bertz CT molecular complexity index is 599. The summed E-state index contributed by atoms with van der Waals surface area (Å²) in [4.78, 5) is 0. The lowest BCUT2D eigenvalue weighted by atomic mass is 9.95. The molecule has 0 spiro atoms. The summed E-state index contributed by atoms with van der Waals surface area (Å²) in [7, 11) is 0. The lowest BCUT2D eigenvalue weighted by Gasteiger charge is -2.14. The van der Waals surface area contributed by atoms with Gasteiger partial charge in [-0.3, -0.25) is 0 Å². The molecule has 21 heavy (non-hydrogen) atoms. The predicted octanol–water partition coefficient (Wildman–Crippen LogP) is 4.78. The van der Waals surface area contributed by atoms with Crippen molar-refractivity contribution < 1.29 is 5.11 Å². The Morgan fingerprint density at radius 1 is 0.857 bits per heavy atom. The summed E-state index contributed by atoms with van der Waals surface area (Å²) in [6, 6.07) is 14.8. The van der Waals surface area contributed by atoms with Crippen LogP contribution in [0.5, 0.6) is 0 Å². The molecular weight excluding hydrogens is 256 g/mol. The summed E-state index contributed by atoms with van der Waals surface area (Å²) in [5.74, 6) is 0.636. The first kappa shape index (κ1) is 15.8. The fourth-order valence-corrected chi connectivity index (χ4v) is 2.67. The number of benzene rings is 2. The first-order valence-electron chi connectivity index (χ1n) is 7.78. The quantitative estimate of drug-likeness (QED) is 0.837. The van der Waals surface area contributed by atoms with Crippen molar-refractivity contribution in [3.8, 4) is 0 Å². The van der Waals surface area contributed by atoms with Gasteiger partial charge in [-0.05, 0) is 54.0 Å². The Morgan fingerprint density at radius 3 is 2.24 bits per heavy atom. The highest BCUT2D eigenvalue weighted by Crippen LogP contribution is 2.22. The minimum atomic E-state index is -0.431. The summed E-state index contributed by atoms with van der Waals surface area (Å²) in [5.41, 5.74) is 6.10. The van der Waals surface area contributed by atoms with E-state index >= 15 is 0 Å². The molecule has 1 unspecified atom stereocenters. The molecule has 0 aliphatic heterocycles. The van der Waals surface area contributed by atoms with E-state index in [2.05, 4.69) is 64.1 Å². The van der Waals surface area contributed by atoms with Crippen LogP contribution in [0.25, 0.3) is 0 Å². The number of hydrogen-bond acceptors (Lipinski definition) is 1. The first-order chi connectivity index (χ1) is 9.95. The minimum absolute atomic E-state index is 0.431. The molecule has 0 heterocycles. The Hall–Kier alpha value is -1.60. The second-order valence-corrected chi connectivity index (χ2v) is 6.48. The average molecular weight is 282 g/mol. The van der Waals surface area contributed by atoms with Gasteiger partial charge in [0.05, 0.1) is 6.10 Å². The molecule has 1 N–H and O–H groups in total. The molecule has 2 aromatic carbocycles. The molecule has 0 radical (unpaired) electrons. The summed E-state index contributed by atoms with van der Waals surface area (Å²) >= 11 is 0. The molecule has 2 rings (SSSR count). The Balaban J connectivity index is 2.12. The Labute approximate surface area is 128 Å². The van der Waals surface area contributed by atoms with Crippen LogP contribution >= 0.6 is 0 Å². The number of hydrogen-bond donors (Lipinski definition) is 1. The van der Waals surface area contributed by atoms with E-state index in [0.717, 1.165) is 12.0 Å². The van der Waals surface area contributed by atoms with E-state index < -0.39 is 6.10 Å². The number of aliphatic hydroxyl groups excluding tert-OH is 1. The third kappa shape index (κ3) is 4.44. The zero-order chi connectivity index (χ0) is 15.4. The third-order valence-corrected chi connectivity index (χ3v) is 3.98. The van der Waals surface area contributed by atoms with Gasteiger partial charge in [0.1, 0.15) is 0 Å². The molecule has 0 bridgehead atoms. The highest BCUT2D eigenvalue weighted by molar-refractivity contribution is 5.32. The largest absolute Gasteiger partial charge is 0.388 e. The van der Waals surface area contributed by atoms with Crippen molar-refractivity contribution >= 4 is 0 Å². The molecule has 1 atom stereocenters. The number of aryl methyl sites for hydroxylation is 2. The summed E-state index contributed by atoms with van der Waals surface area (Å²) in [6.07, 6.45) is 1.30. The van der Waals surface area contributed by atoms with E-state index in [9.17, 15) is 5.11 Å². The van der Waals surface area contributed by atoms with E-state index in [1.807, 2.05) is 6.07 Å². The molecule has 0 fully saturated rings. The molecule has 0 aliphatic rings. The van der Waals surface area contributed by atoms with E-state index in [1.165, 1.54) is 22.3 Å². The maximum atomic E-state index is 10.5. The van der Waals surface area contributed by atoms with Crippen molar-refractivity contribution in [3.63, 3.8) is 0 Å². The summed E-state index contributed by atoms with van der Waals surface area (Å²) < 4.78 is 0. The lowest BCUT2D eigenvalue weighted by molar-refractivity contribution is 0.178. The molecule has 0 amide bonds. The van der Waals surface area contributed by atoms with Gasteiger partial charge in [-0.2, -0.15) is 0 Å². The summed E-state index contributed by atoms with van der Waals surface area (Å²) in [6.45, 7) is 8.68. The van der Waals surface area contributed by atoms with Gasteiger partial charge >= 0.3 is 0 Å². The molecule has 0 saturated carbocycles. The molecule has 1 heteroatoms. The van der Waals surface area contributed by atoms with E-state index in [-0.39, 0.29) is 0 Å². The maximum Gasteiger partial charge on any atom is 0.0830 e. The molecule has 0 aliphatic carbocycles. The number of rotatable bonds is 5. The number of aliphatic hydroxyl groups is 1. The average Bonchev–Trinajstić information content (AvgIpc) is 2.42. The van der Waals surface area contributed by atoms with Gasteiger partial charge in [-0.15, -0.1) is 0 Å². The molecule has 0 aromatic heterocycles. The van der Waals surface area contributed by atoms with Crippen molar-refractivity contribution in [2.24, 2.45) is 5.92 Å². The Morgan fingerprint density at radius 2 is 1.57 bits per heavy atom. The first-order valence-corrected chi connectivity index (χ1v) is 7.78. The Kier molecular flexibility index (Phi) is 5.19. The van der Waals surface area contributed by atoms with Crippen LogP contribution in [0.1, 0.15) is 47.8 Å². The molecule has 2 aromatic rings. The monoisotopic (exact) mass is 282 g/mol. The zero-order valence-corrected chi connectivity index (χ0v) is 13.6. The molecular formula is C20H26O. The van der Waals surface area contributed by atoms with Crippen LogP contribution in [-0.2, 0) is 12.8 Å². The van der Waals surface area contributed by atoms with E-state index in [0.29, 0.717) is 12.3 Å². The van der Waals surface area contributed by atoms with Crippen LogP contribution in [0.4, 0.5) is 0 Å². The SMILES string of the molecule is Cc1ccc(CC(O)c2cccc(CC(C)C)c2)cc1C. The predicted molar refractivity (Wildman–Crippen MR) is 89.6 cm³/mol. The second-order valence-electron chi connectivity index (χ2n) is 6.48. The highest BCUT2D eigenvalue weighted by Gasteiger charge is 2.10. The highest BCUT2D eigenvalue weighted by atomic mass is 16.3. The van der Waals surface area contributed by atoms with Gasteiger partial charge in [0.25, 0.3) is 0 Å². The van der Waals surface area contributed by atoms with Crippen LogP contribution in [0.3, 0.4) is 0 Å². The third-order valence-electron chi connectivity index (χ3n) is 3.98. The van der Waals surface area contributed by atoms with Gasteiger partial charge in [-0.25, -0.2) is 0 Å². The fraction of sp³-hybridized carbons (Fsp3) is 0.400. The van der Waals surface area contributed by atoms with Gasteiger partial charge < -0.3 is 5.11 Å². The van der Waals surface area contributed by atoms with Crippen molar-refractivity contribution in [2.45, 2.75) is 46.6 Å². The van der Waals surface area contributed by atoms with Gasteiger partial charge in [0, 0.05) is 6.42 Å². The van der Waals surface area contributed by atoms with Gasteiger partial charge in [0.15, 0.2) is 0 Å². The maximum absolute atomic E-state index is 10.5. The second kappa shape index (κ2) is 6.91. The van der Waals surface area contributed by atoms with Crippen LogP contribution in [0, 0.1) is 19.8 Å².